The maximum atomic E-state index is 12.8. The van der Waals surface area contributed by atoms with E-state index >= 15 is 0 Å². The van der Waals surface area contributed by atoms with Gasteiger partial charge in [-0.25, -0.2) is 0 Å². The van der Waals surface area contributed by atoms with E-state index in [1.807, 2.05) is 6.92 Å². The molecule has 0 aromatic rings. The molecule has 2 heteroatoms. The zero-order valence-electron chi connectivity index (χ0n) is 18.7. The van der Waals surface area contributed by atoms with Gasteiger partial charge in [-0.05, 0) is 57.3 Å². The van der Waals surface area contributed by atoms with Crippen molar-refractivity contribution in [1.82, 2.24) is 0 Å². The maximum Gasteiger partial charge on any atom is 0.135 e. The highest BCUT2D eigenvalue weighted by molar-refractivity contribution is 6.20. The first-order valence-electron chi connectivity index (χ1n) is 11.6. The molecule has 0 aliphatic heterocycles. The fraction of sp³-hybridized carbons (Fsp3) is 0.958. The van der Waals surface area contributed by atoms with Crippen molar-refractivity contribution in [3.63, 3.8) is 0 Å². The summed E-state index contributed by atoms with van der Waals surface area (Å²) in [4.78, 5) is 12.8. The first-order valence-corrected chi connectivity index (χ1v) is 12.0. The molecule has 0 spiro atoms. The lowest BCUT2D eigenvalue weighted by molar-refractivity contribution is -0.128. The fourth-order valence-corrected chi connectivity index (χ4v) is 4.80. The number of hydrogen-bond donors (Lipinski definition) is 0. The van der Waals surface area contributed by atoms with Crippen molar-refractivity contribution in [2.24, 2.45) is 17.3 Å². The summed E-state index contributed by atoms with van der Waals surface area (Å²) in [5, 5.41) is 0.257. The van der Waals surface area contributed by atoms with Gasteiger partial charge in [-0.15, -0.1) is 11.6 Å². The Hall–Kier alpha value is -0.0400. The number of halogens is 1. The minimum Gasteiger partial charge on any atom is -0.299 e. The number of carbonyl (C=O) groups excluding carboxylic acids is 1. The maximum absolute atomic E-state index is 12.8. The van der Waals surface area contributed by atoms with E-state index in [2.05, 4.69) is 34.6 Å². The second-order valence-corrected chi connectivity index (χ2v) is 9.12. The van der Waals surface area contributed by atoms with Crippen LogP contribution in [0.25, 0.3) is 0 Å². The Balaban J connectivity index is 5.17. The smallest absolute Gasteiger partial charge is 0.135 e. The van der Waals surface area contributed by atoms with Gasteiger partial charge in [0.05, 0.1) is 0 Å². The number of ketones is 1. The van der Waals surface area contributed by atoms with E-state index in [0.717, 1.165) is 32.1 Å². The highest BCUT2D eigenvalue weighted by Crippen LogP contribution is 2.41. The first-order chi connectivity index (χ1) is 12.4. The van der Waals surface area contributed by atoms with Gasteiger partial charge in [0.25, 0.3) is 0 Å². The van der Waals surface area contributed by atoms with Gasteiger partial charge < -0.3 is 0 Å². The van der Waals surface area contributed by atoms with E-state index in [4.69, 9.17) is 11.6 Å². The van der Waals surface area contributed by atoms with Crippen LogP contribution in [-0.4, -0.2) is 11.2 Å². The molecule has 26 heavy (non-hydrogen) atoms. The second-order valence-electron chi connectivity index (χ2n) is 8.56. The Bertz CT molecular complexity index is 346. The summed E-state index contributed by atoms with van der Waals surface area (Å²) in [6.07, 6.45) is 15.3. The topological polar surface area (TPSA) is 17.1 Å². The number of hydrogen-bond acceptors (Lipinski definition) is 1. The van der Waals surface area contributed by atoms with Crippen molar-refractivity contribution in [3.8, 4) is 0 Å². The third kappa shape index (κ3) is 9.25. The van der Waals surface area contributed by atoms with Crippen LogP contribution in [0.2, 0.25) is 0 Å². The molecule has 0 rings (SSSR count). The molecule has 0 bridgehead atoms. The van der Waals surface area contributed by atoms with Gasteiger partial charge >= 0.3 is 0 Å². The molecule has 0 saturated heterocycles. The van der Waals surface area contributed by atoms with E-state index in [1.54, 1.807) is 0 Å². The molecule has 0 saturated carbocycles. The molecule has 0 aliphatic carbocycles. The quantitative estimate of drug-likeness (QED) is 0.229. The van der Waals surface area contributed by atoms with Crippen LogP contribution in [0.1, 0.15) is 125 Å². The molecule has 3 atom stereocenters. The lowest BCUT2D eigenvalue weighted by Gasteiger charge is -2.36. The summed E-state index contributed by atoms with van der Waals surface area (Å²) in [6.45, 7) is 13.0. The van der Waals surface area contributed by atoms with E-state index in [-0.39, 0.29) is 10.8 Å². The number of alkyl halides is 1. The largest absolute Gasteiger partial charge is 0.299 e. The predicted molar refractivity (Wildman–Crippen MR) is 118 cm³/mol. The van der Waals surface area contributed by atoms with Crippen LogP contribution in [0.5, 0.6) is 0 Å². The van der Waals surface area contributed by atoms with Gasteiger partial charge in [0.15, 0.2) is 0 Å². The first kappa shape index (κ1) is 26.0. The summed E-state index contributed by atoms with van der Waals surface area (Å²) in [5.41, 5.74) is -0.123. The SMILES string of the molecule is CCCCC(CCCC)CC(CC)(CCC(CCC)C(Cl)CC)C(C)=O. The normalized spacial score (nSPS) is 16.5. The monoisotopic (exact) mass is 386 g/mol. The average Bonchev–Trinajstić information content (AvgIpc) is 2.64. The summed E-state index contributed by atoms with van der Waals surface area (Å²) in [6, 6.07) is 0. The summed E-state index contributed by atoms with van der Waals surface area (Å²) in [5.74, 6) is 1.68. The van der Waals surface area contributed by atoms with Gasteiger partial charge in [-0.2, -0.15) is 0 Å². The summed E-state index contributed by atoms with van der Waals surface area (Å²) in [7, 11) is 0. The van der Waals surface area contributed by atoms with Crippen LogP contribution in [0.15, 0.2) is 0 Å². The van der Waals surface area contributed by atoms with Crippen LogP contribution in [0.4, 0.5) is 0 Å². The van der Waals surface area contributed by atoms with Gasteiger partial charge in [-0.1, -0.05) is 79.6 Å². The number of carbonyl (C=O) groups is 1. The standard InChI is InChI=1S/C24H47ClO/c1-7-12-15-21(16-13-8-2)19-24(11-5,20(6)26)18-17-22(14-9-3)23(25)10-4/h21-23H,7-19H2,1-6H3. The molecule has 156 valence electrons. The van der Waals surface area contributed by atoms with Crippen LogP contribution in [0, 0.1) is 17.3 Å². The van der Waals surface area contributed by atoms with Gasteiger partial charge in [0, 0.05) is 10.8 Å². The minimum atomic E-state index is -0.123. The summed E-state index contributed by atoms with van der Waals surface area (Å²) < 4.78 is 0. The highest BCUT2D eigenvalue weighted by Gasteiger charge is 2.36. The van der Waals surface area contributed by atoms with Crippen molar-refractivity contribution in [2.45, 2.75) is 130 Å². The third-order valence-electron chi connectivity index (χ3n) is 6.59. The highest BCUT2D eigenvalue weighted by atomic mass is 35.5. The lowest BCUT2D eigenvalue weighted by atomic mass is 9.68. The fourth-order valence-electron chi connectivity index (χ4n) is 4.55. The number of unbranched alkanes of at least 4 members (excludes halogenated alkanes) is 2. The van der Waals surface area contributed by atoms with Crippen molar-refractivity contribution >= 4 is 17.4 Å². The molecule has 0 amide bonds. The van der Waals surface area contributed by atoms with E-state index in [9.17, 15) is 4.79 Å². The van der Waals surface area contributed by atoms with Crippen LogP contribution in [0.3, 0.4) is 0 Å². The zero-order chi connectivity index (χ0) is 20.0. The van der Waals surface area contributed by atoms with Crippen molar-refractivity contribution in [1.29, 1.82) is 0 Å². The van der Waals surface area contributed by atoms with Crippen molar-refractivity contribution < 1.29 is 4.79 Å². The van der Waals surface area contributed by atoms with E-state index in [1.165, 1.54) is 51.4 Å². The molecule has 0 aromatic heterocycles. The van der Waals surface area contributed by atoms with Crippen LogP contribution < -0.4 is 0 Å². The van der Waals surface area contributed by atoms with Crippen LogP contribution >= 0.6 is 11.6 Å². The summed E-state index contributed by atoms with van der Waals surface area (Å²) >= 11 is 6.62. The molecule has 0 heterocycles. The van der Waals surface area contributed by atoms with Crippen molar-refractivity contribution in [2.75, 3.05) is 0 Å². The Morgan fingerprint density at radius 1 is 0.885 bits per heavy atom. The van der Waals surface area contributed by atoms with Gasteiger partial charge in [0.1, 0.15) is 5.78 Å². The molecule has 0 aromatic carbocycles. The predicted octanol–water partition coefficient (Wildman–Crippen LogP) is 8.57. The second kappa shape index (κ2) is 14.9. The Kier molecular flexibility index (Phi) is 14.9. The molecule has 0 aliphatic rings. The molecular weight excluding hydrogens is 340 g/mol. The molecule has 0 radical (unpaired) electrons. The van der Waals surface area contributed by atoms with Gasteiger partial charge in [0.2, 0.25) is 0 Å². The zero-order valence-corrected chi connectivity index (χ0v) is 19.5. The van der Waals surface area contributed by atoms with Crippen molar-refractivity contribution in [3.05, 3.63) is 0 Å². The molecule has 1 nitrogen and oxygen atoms in total. The third-order valence-corrected chi connectivity index (χ3v) is 7.25. The Labute approximate surface area is 170 Å². The van der Waals surface area contributed by atoms with E-state index in [0.29, 0.717) is 17.6 Å². The molecule has 0 fully saturated rings. The van der Waals surface area contributed by atoms with E-state index < -0.39 is 0 Å². The Morgan fingerprint density at radius 3 is 1.85 bits per heavy atom. The molecular formula is C24H47ClO. The Morgan fingerprint density at radius 2 is 1.46 bits per heavy atom. The van der Waals surface area contributed by atoms with Crippen LogP contribution in [-0.2, 0) is 4.79 Å². The van der Waals surface area contributed by atoms with Gasteiger partial charge in [-0.3, -0.25) is 4.79 Å². The number of Topliss-reactive ketones (excluding diaryl/α,β-unsaturated/α-hetero) is 1. The average molecular weight is 387 g/mol. The minimum absolute atomic E-state index is 0.123. The lowest BCUT2D eigenvalue weighted by Crippen LogP contribution is -2.33. The molecule has 0 N–H and O–H groups in total. The molecule has 3 unspecified atom stereocenters. The number of rotatable bonds is 17.